The zero-order chi connectivity index (χ0) is 17.6. The molecule has 0 fully saturated rings. The zero-order valence-corrected chi connectivity index (χ0v) is 16.2. The summed E-state index contributed by atoms with van der Waals surface area (Å²) in [4.78, 5) is 8.96. The molecule has 3 heterocycles. The second-order valence-electron chi connectivity index (χ2n) is 5.63. The van der Waals surface area contributed by atoms with E-state index in [1.165, 1.54) is 0 Å². The van der Waals surface area contributed by atoms with Crippen molar-refractivity contribution in [3.8, 4) is 0 Å². The third-order valence-corrected chi connectivity index (χ3v) is 5.43. The molecule has 0 bridgehead atoms. The Morgan fingerprint density at radius 3 is 2.60 bits per heavy atom. The Morgan fingerprint density at radius 1 is 1.12 bits per heavy atom. The van der Waals surface area contributed by atoms with Crippen LogP contribution < -0.4 is 0 Å². The molecule has 6 nitrogen and oxygen atoms in total. The van der Waals surface area contributed by atoms with Crippen molar-refractivity contribution in [2.75, 3.05) is 5.75 Å². The summed E-state index contributed by atoms with van der Waals surface area (Å²) >= 11 is 3.30. The maximum absolute atomic E-state index is 5.50. The standard InChI is InChI=1S/C17H21N5OS2/c1-4-8-24-17-21-20-15(22(17)10-14-6-5-7-23-14)11-25-16-18-12(2)9-13(3)19-16/h5-7,9H,4,8,10-11H2,1-3H3. The first-order valence-corrected chi connectivity index (χ1v) is 10.1. The monoisotopic (exact) mass is 375 g/mol. The Morgan fingerprint density at radius 2 is 1.92 bits per heavy atom. The van der Waals surface area contributed by atoms with Gasteiger partial charge in [0.1, 0.15) is 11.6 Å². The van der Waals surface area contributed by atoms with Gasteiger partial charge in [-0.3, -0.25) is 4.57 Å². The number of hydrogen-bond donors (Lipinski definition) is 0. The fourth-order valence-corrected chi connectivity index (χ4v) is 4.03. The van der Waals surface area contributed by atoms with Crippen LogP contribution >= 0.6 is 23.5 Å². The van der Waals surface area contributed by atoms with Gasteiger partial charge in [-0.1, -0.05) is 30.4 Å². The number of aromatic nitrogens is 5. The van der Waals surface area contributed by atoms with Gasteiger partial charge in [0.2, 0.25) is 0 Å². The predicted molar refractivity (Wildman–Crippen MR) is 99.9 cm³/mol. The molecule has 25 heavy (non-hydrogen) atoms. The van der Waals surface area contributed by atoms with Gasteiger partial charge in [-0.05, 0) is 38.5 Å². The summed E-state index contributed by atoms with van der Waals surface area (Å²) in [7, 11) is 0. The van der Waals surface area contributed by atoms with E-state index in [4.69, 9.17) is 4.42 Å². The number of nitrogens with zero attached hydrogens (tertiary/aromatic N) is 5. The van der Waals surface area contributed by atoms with Crippen molar-refractivity contribution in [2.45, 2.75) is 49.8 Å². The molecule has 0 spiro atoms. The first-order valence-electron chi connectivity index (χ1n) is 8.18. The highest BCUT2D eigenvalue weighted by Gasteiger charge is 2.15. The molecular weight excluding hydrogens is 354 g/mol. The molecule has 0 atom stereocenters. The summed E-state index contributed by atoms with van der Waals surface area (Å²) in [5.41, 5.74) is 1.96. The van der Waals surface area contributed by atoms with Crippen molar-refractivity contribution < 1.29 is 4.42 Å². The molecule has 132 valence electrons. The van der Waals surface area contributed by atoms with E-state index < -0.39 is 0 Å². The highest BCUT2D eigenvalue weighted by molar-refractivity contribution is 7.99. The van der Waals surface area contributed by atoms with E-state index in [2.05, 4.69) is 31.7 Å². The van der Waals surface area contributed by atoms with Gasteiger partial charge in [-0.2, -0.15) is 0 Å². The maximum atomic E-state index is 5.50. The molecule has 3 rings (SSSR count). The lowest BCUT2D eigenvalue weighted by atomic mass is 10.4. The Labute approximate surface area is 155 Å². The van der Waals surface area contributed by atoms with E-state index in [0.29, 0.717) is 12.3 Å². The van der Waals surface area contributed by atoms with Crippen LogP contribution in [-0.2, 0) is 12.3 Å². The van der Waals surface area contributed by atoms with Crippen LogP contribution in [0.4, 0.5) is 0 Å². The third-order valence-electron chi connectivity index (χ3n) is 3.41. The van der Waals surface area contributed by atoms with Gasteiger partial charge >= 0.3 is 0 Å². The predicted octanol–water partition coefficient (Wildman–Crippen LogP) is 4.12. The molecule has 3 aromatic rings. The van der Waals surface area contributed by atoms with Gasteiger partial charge in [0.15, 0.2) is 10.3 Å². The van der Waals surface area contributed by atoms with Gasteiger partial charge in [0.25, 0.3) is 0 Å². The van der Waals surface area contributed by atoms with Crippen LogP contribution in [0.5, 0.6) is 0 Å². The summed E-state index contributed by atoms with van der Waals surface area (Å²) in [6.45, 7) is 6.76. The molecule has 0 amide bonds. The third kappa shape index (κ3) is 4.85. The van der Waals surface area contributed by atoms with Crippen molar-refractivity contribution in [1.82, 2.24) is 24.7 Å². The summed E-state index contributed by atoms with van der Waals surface area (Å²) in [6.07, 6.45) is 2.79. The van der Waals surface area contributed by atoms with Gasteiger partial charge in [-0.25, -0.2) is 9.97 Å². The van der Waals surface area contributed by atoms with E-state index >= 15 is 0 Å². The van der Waals surface area contributed by atoms with Crippen LogP contribution in [0.3, 0.4) is 0 Å². The molecular formula is C17H21N5OS2. The highest BCUT2D eigenvalue weighted by Crippen LogP contribution is 2.24. The Hall–Kier alpha value is -1.80. The number of furan rings is 1. The minimum Gasteiger partial charge on any atom is -0.467 e. The van der Waals surface area contributed by atoms with E-state index in [0.717, 1.165) is 45.5 Å². The molecule has 0 aliphatic carbocycles. The zero-order valence-electron chi connectivity index (χ0n) is 14.6. The maximum Gasteiger partial charge on any atom is 0.191 e. The van der Waals surface area contributed by atoms with Crippen molar-refractivity contribution in [3.05, 3.63) is 47.4 Å². The van der Waals surface area contributed by atoms with E-state index in [1.54, 1.807) is 29.8 Å². The van der Waals surface area contributed by atoms with Crippen molar-refractivity contribution >= 4 is 23.5 Å². The summed E-state index contributed by atoms with van der Waals surface area (Å²) in [5, 5.41) is 10.4. The first-order chi connectivity index (χ1) is 12.2. The van der Waals surface area contributed by atoms with E-state index in [-0.39, 0.29) is 0 Å². The average molecular weight is 376 g/mol. The SMILES string of the molecule is CCCSc1nnc(CSc2nc(C)cc(C)n2)n1Cc1ccco1. The molecule has 0 unspecified atom stereocenters. The van der Waals surface area contributed by atoms with Gasteiger partial charge in [0.05, 0.1) is 18.6 Å². The molecule has 0 radical (unpaired) electrons. The molecule has 0 aliphatic rings. The minimum atomic E-state index is 0.635. The van der Waals surface area contributed by atoms with Crippen LogP contribution in [0.2, 0.25) is 0 Å². The fraction of sp³-hybridized carbons (Fsp3) is 0.412. The molecule has 0 saturated heterocycles. The largest absolute Gasteiger partial charge is 0.467 e. The molecule has 0 aliphatic heterocycles. The normalized spacial score (nSPS) is 11.2. The van der Waals surface area contributed by atoms with Crippen LogP contribution in [0.25, 0.3) is 0 Å². The Bertz CT molecular complexity index is 796. The van der Waals surface area contributed by atoms with Crippen LogP contribution in [0.15, 0.2) is 39.2 Å². The second kappa shape index (κ2) is 8.53. The molecule has 0 saturated carbocycles. The first kappa shape index (κ1) is 18.0. The van der Waals surface area contributed by atoms with Gasteiger partial charge < -0.3 is 4.42 Å². The van der Waals surface area contributed by atoms with Crippen LogP contribution in [0.1, 0.15) is 36.3 Å². The lowest BCUT2D eigenvalue weighted by Gasteiger charge is -2.08. The van der Waals surface area contributed by atoms with Gasteiger partial charge in [0, 0.05) is 17.1 Å². The average Bonchev–Trinajstić information content (AvgIpc) is 3.21. The second-order valence-corrected chi connectivity index (χ2v) is 7.64. The summed E-state index contributed by atoms with van der Waals surface area (Å²) < 4.78 is 7.62. The Balaban J connectivity index is 1.78. The Kier molecular flexibility index (Phi) is 6.14. The smallest absolute Gasteiger partial charge is 0.191 e. The lowest BCUT2D eigenvalue weighted by molar-refractivity contribution is 0.480. The lowest BCUT2D eigenvalue weighted by Crippen LogP contribution is -2.06. The number of thioether (sulfide) groups is 2. The van der Waals surface area contributed by atoms with Crippen molar-refractivity contribution in [1.29, 1.82) is 0 Å². The quantitative estimate of drug-likeness (QED) is 0.433. The highest BCUT2D eigenvalue weighted by atomic mass is 32.2. The van der Waals surface area contributed by atoms with Gasteiger partial charge in [-0.15, -0.1) is 10.2 Å². The summed E-state index contributed by atoms with van der Waals surface area (Å²) in [5.74, 6) is 3.49. The topological polar surface area (TPSA) is 69.6 Å². The molecule has 3 aromatic heterocycles. The van der Waals surface area contributed by atoms with E-state index in [9.17, 15) is 0 Å². The number of aryl methyl sites for hydroxylation is 2. The van der Waals surface area contributed by atoms with Crippen molar-refractivity contribution in [2.24, 2.45) is 0 Å². The summed E-state index contributed by atoms with van der Waals surface area (Å²) in [6, 6.07) is 5.84. The van der Waals surface area contributed by atoms with E-state index in [1.807, 2.05) is 32.0 Å². The van der Waals surface area contributed by atoms with Crippen LogP contribution in [0, 0.1) is 13.8 Å². The minimum absolute atomic E-state index is 0.635. The molecule has 0 aromatic carbocycles. The number of hydrogen-bond acceptors (Lipinski definition) is 7. The number of rotatable bonds is 8. The molecule has 0 N–H and O–H groups in total. The van der Waals surface area contributed by atoms with Crippen molar-refractivity contribution in [3.63, 3.8) is 0 Å². The fourth-order valence-electron chi connectivity index (χ4n) is 2.33. The van der Waals surface area contributed by atoms with Crippen LogP contribution in [-0.4, -0.2) is 30.5 Å². The molecule has 8 heteroatoms.